The van der Waals surface area contributed by atoms with Crippen molar-refractivity contribution in [3.63, 3.8) is 0 Å². The Kier molecular flexibility index (Phi) is 8.69. The fourth-order valence-electron chi connectivity index (χ4n) is 10.3. The second-order valence-electron chi connectivity index (χ2n) is 16.3. The summed E-state index contributed by atoms with van der Waals surface area (Å²) in [4.78, 5) is 0. The summed E-state index contributed by atoms with van der Waals surface area (Å²) in [5, 5.41) is 2.56. The summed E-state index contributed by atoms with van der Waals surface area (Å²) >= 11 is 1.90. The van der Waals surface area contributed by atoms with Crippen molar-refractivity contribution in [3.8, 4) is 66.8 Å². The number of rotatable bonds is 7. The third-order valence-electron chi connectivity index (χ3n) is 13.0. The van der Waals surface area contributed by atoms with Crippen LogP contribution < -0.4 is 0 Å². The lowest BCUT2D eigenvalue weighted by Gasteiger charge is -2.34. The average molecular weight is 805 g/mol. The molecule has 1 aliphatic rings. The minimum atomic E-state index is -0.484. The molecule has 290 valence electrons. The van der Waals surface area contributed by atoms with Crippen molar-refractivity contribution >= 4 is 31.5 Å². The standard InChI is InChI=1S/C61H40S/c1-4-19-41(20-5-1)48-27-10-12-29-50(48)44-35-36-59-55(38-44)56-40-45(51-30-13-11-28-49(51)42-21-6-2-7-22-42)39-54(60(56)62-59)43-23-18-26-47(37-43)61(46-24-8-3-9-25-46)57-33-16-14-31-52(57)53-32-15-17-34-58(53)61/h1-40H. The topological polar surface area (TPSA) is 0 Å². The molecule has 1 aromatic heterocycles. The van der Waals surface area contributed by atoms with Gasteiger partial charge in [0.05, 0.1) is 5.41 Å². The molecule has 0 aliphatic heterocycles. The van der Waals surface area contributed by atoms with E-state index in [1.54, 1.807) is 0 Å². The van der Waals surface area contributed by atoms with E-state index in [0.29, 0.717) is 0 Å². The number of benzene rings is 10. The molecule has 0 amide bonds. The Hall–Kier alpha value is -7.58. The first-order valence-corrected chi connectivity index (χ1v) is 22.2. The van der Waals surface area contributed by atoms with Gasteiger partial charge in [-0.25, -0.2) is 0 Å². The van der Waals surface area contributed by atoms with Crippen LogP contribution in [0.15, 0.2) is 243 Å². The van der Waals surface area contributed by atoms with E-state index in [1.807, 2.05) is 11.3 Å². The molecular formula is C61H40S. The van der Waals surface area contributed by atoms with E-state index in [9.17, 15) is 0 Å². The largest absolute Gasteiger partial charge is 0.135 e. The Morgan fingerprint density at radius 1 is 0.258 bits per heavy atom. The highest BCUT2D eigenvalue weighted by molar-refractivity contribution is 7.26. The fraction of sp³-hybridized carbons (Fsp3) is 0.0164. The van der Waals surface area contributed by atoms with Crippen LogP contribution in [0.3, 0.4) is 0 Å². The molecular weight excluding hydrogens is 765 g/mol. The highest BCUT2D eigenvalue weighted by Crippen LogP contribution is 2.56. The maximum absolute atomic E-state index is 2.49. The molecule has 62 heavy (non-hydrogen) atoms. The van der Waals surface area contributed by atoms with Gasteiger partial charge in [0.15, 0.2) is 0 Å². The molecule has 0 fully saturated rings. The molecule has 0 saturated heterocycles. The second kappa shape index (κ2) is 14.9. The van der Waals surface area contributed by atoms with Crippen molar-refractivity contribution in [2.75, 3.05) is 0 Å². The van der Waals surface area contributed by atoms with Crippen LogP contribution in [0.2, 0.25) is 0 Å². The molecule has 0 bridgehead atoms. The van der Waals surface area contributed by atoms with E-state index in [2.05, 4.69) is 243 Å². The van der Waals surface area contributed by atoms with Crippen LogP contribution in [-0.4, -0.2) is 0 Å². The zero-order chi connectivity index (χ0) is 41.0. The first kappa shape index (κ1) is 36.3. The summed E-state index contributed by atoms with van der Waals surface area (Å²) in [5.41, 5.74) is 19.6. The lowest BCUT2D eigenvalue weighted by atomic mass is 9.67. The molecule has 0 unspecified atom stereocenters. The van der Waals surface area contributed by atoms with Crippen LogP contribution in [0.4, 0.5) is 0 Å². The van der Waals surface area contributed by atoms with Crippen molar-refractivity contribution in [1.29, 1.82) is 0 Å². The normalized spacial score (nSPS) is 12.6. The molecule has 0 nitrogen and oxygen atoms in total. The molecule has 0 atom stereocenters. The molecule has 10 aromatic carbocycles. The highest BCUT2D eigenvalue weighted by Gasteiger charge is 2.46. The quantitative estimate of drug-likeness (QED) is 0.151. The number of fused-ring (bicyclic) bond motifs is 6. The maximum atomic E-state index is 2.49. The van der Waals surface area contributed by atoms with Gasteiger partial charge in [0.1, 0.15) is 0 Å². The zero-order valence-electron chi connectivity index (χ0n) is 34.0. The Bertz CT molecular complexity index is 3400. The van der Waals surface area contributed by atoms with Gasteiger partial charge in [0.2, 0.25) is 0 Å². The van der Waals surface area contributed by atoms with E-state index in [0.717, 1.165) is 0 Å². The fourth-order valence-corrected chi connectivity index (χ4v) is 11.5. The lowest BCUT2D eigenvalue weighted by Crippen LogP contribution is -2.28. The smallest absolute Gasteiger partial charge is 0.0713 e. The van der Waals surface area contributed by atoms with E-state index >= 15 is 0 Å². The van der Waals surface area contributed by atoms with Gasteiger partial charge in [-0.15, -0.1) is 11.3 Å². The summed E-state index contributed by atoms with van der Waals surface area (Å²) in [7, 11) is 0. The van der Waals surface area contributed by atoms with Gasteiger partial charge in [0.25, 0.3) is 0 Å². The van der Waals surface area contributed by atoms with Crippen molar-refractivity contribution < 1.29 is 0 Å². The Balaban J connectivity index is 1.12. The van der Waals surface area contributed by atoms with Crippen molar-refractivity contribution in [1.82, 2.24) is 0 Å². The number of hydrogen-bond acceptors (Lipinski definition) is 1. The summed E-state index contributed by atoms with van der Waals surface area (Å²) in [6, 6.07) is 89.8. The van der Waals surface area contributed by atoms with E-state index < -0.39 is 5.41 Å². The average Bonchev–Trinajstić information content (AvgIpc) is 3.88. The zero-order valence-corrected chi connectivity index (χ0v) is 34.8. The van der Waals surface area contributed by atoms with Crippen LogP contribution in [0.5, 0.6) is 0 Å². The van der Waals surface area contributed by atoms with Crippen molar-refractivity contribution in [2.24, 2.45) is 0 Å². The molecule has 0 saturated carbocycles. The number of thiophene rings is 1. The Morgan fingerprint density at radius 2 is 0.694 bits per heavy atom. The predicted molar refractivity (Wildman–Crippen MR) is 264 cm³/mol. The predicted octanol–water partition coefficient (Wildman–Crippen LogP) is 16.8. The van der Waals surface area contributed by atoms with Gasteiger partial charge in [-0.1, -0.05) is 212 Å². The first-order valence-electron chi connectivity index (χ1n) is 21.4. The van der Waals surface area contributed by atoms with Crippen LogP contribution in [0, 0.1) is 0 Å². The summed E-state index contributed by atoms with van der Waals surface area (Å²) in [6.07, 6.45) is 0. The number of hydrogen-bond donors (Lipinski definition) is 0. The monoisotopic (exact) mass is 804 g/mol. The van der Waals surface area contributed by atoms with Gasteiger partial charge >= 0.3 is 0 Å². The van der Waals surface area contributed by atoms with Crippen LogP contribution in [-0.2, 0) is 5.41 Å². The Morgan fingerprint density at radius 3 is 1.29 bits per heavy atom. The highest BCUT2D eigenvalue weighted by atomic mass is 32.1. The maximum Gasteiger partial charge on any atom is 0.0713 e. The minimum absolute atomic E-state index is 0.484. The first-order chi connectivity index (χ1) is 30.8. The minimum Gasteiger partial charge on any atom is -0.135 e. The second-order valence-corrected chi connectivity index (χ2v) is 17.4. The van der Waals surface area contributed by atoms with E-state index in [4.69, 9.17) is 0 Å². The van der Waals surface area contributed by atoms with Gasteiger partial charge in [0, 0.05) is 25.7 Å². The molecule has 1 aliphatic carbocycles. The molecule has 0 spiro atoms. The van der Waals surface area contributed by atoms with Gasteiger partial charge in [-0.3, -0.25) is 0 Å². The van der Waals surface area contributed by atoms with E-state index in [1.165, 1.54) is 109 Å². The van der Waals surface area contributed by atoms with Crippen molar-refractivity contribution in [3.05, 3.63) is 265 Å². The molecule has 0 radical (unpaired) electrons. The van der Waals surface area contributed by atoms with Gasteiger partial charge < -0.3 is 0 Å². The molecule has 0 N–H and O–H groups in total. The summed E-state index contributed by atoms with van der Waals surface area (Å²) in [6.45, 7) is 0. The molecule has 11 aromatic rings. The lowest BCUT2D eigenvalue weighted by molar-refractivity contribution is 0.769. The molecule has 12 rings (SSSR count). The van der Waals surface area contributed by atoms with Crippen molar-refractivity contribution in [2.45, 2.75) is 5.41 Å². The summed E-state index contributed by atoms with van der Waals surface area (Å²) in [5.74, 6) is 0. The summed E-state index contributed by atoms with van der Waals surface area (Å²) < 4.78 is 2.58. The van der Waals surface area contributed by atoms with Crippen LogP contribution in [0.25, 0.3) is 86.9 Å². The molecule has 1 heteroatoms. The third kappa shape index (κ3) is 5.74. The van der Waals surface area contributed by atoms with Gasteiger partial charge in [-0.2, -0.15) is 0 Å². The van der Waals surface area contributed by atoms with E-state index in [-0.39, 0.29) is 0 Å². The third-order valence-corrected chi connectivity index (χ3v) is 14.2. The van der Waals surface area contributed by atoms with Crippen LogP contribution in [0.1, 0.15) is 22.3 Å². The van der Waals surface area contributed by atoms with Crippen LogP contribution >= 0.6 is 11.3 Å². The SMILES string of the molecule is c1ccc(-c2ccccc2-c2ccc3sc4c(-c5cccc(C6(c7ccccc7)c7ccccc7-c7ccccc76)c5)cc(-c5ccccc5-c5ccccc5)cc4c3c2)cc1. The molecule has 1 heterocycles. The van der Waals surface area contributed by atoms with Gasteiger partial charge in [-0.05, 0) is 114 Å². The Labute approximate surface area is 366 Å².